The van der Waals surface area contributed by atoms with E-state index in [1.54, 1.807) is 0 Å². The summed E-state index contributed by atoms with van der Waals surface area (Å²) in [5.41, 5.74) is 6.15. The topological polar surface area (TPSA) is 55.1 Å². The number of rotatable bonds is 3. The normalized spacial score (nSPS) is 21.8. The van der Waals surface area contributed by atoms with Gasteiger partial charge in [-0.3, -0.25) is 4.79 Å². The van der Waals surface area contributed by atoms with Crippen molar-refractivity contribution >= 4 is 29.0 Å². The van der Waals surface area contributed by atoms with Crippen LogP contribution in [0.25, 0.3) is 0 Å². The van der Waals surface area contributed by atoms with E-state index < -0.39 is 0 Å². The third-order valence-corrected chi connectivity index (χ3v) is 5.26. The lowest BCUT2D eigenvalue weighted by Crippen LogP contribution is -2.33. The number of nitrogens with two attached hydrogens (primary N) is 1. The molecular formula is C14H18N2OS2. The molecule has 0 aromatic carbocycles. The molecule has 2 unspecified atom stereocenters. The van der Waals surface area contributed by atoms with Crippen LogP contribution in [0.15, 0.2) is 11.4 Å². The van der Waals surface area contributed by atoms with Crippen LogP contribution in [-0.2, 0) is 0 Å². The molecule has 1 heterocycles. The van der Waals surface area contributed by atoms with Crippen molar-refractivity contribution in [2.45, 2.75) is 30.6 Å². The number of amides is 1. The smallest absolute Gasteiger partial charge is 0.262 e. The van der Waals surface area contributed by atoms with Crippen molar-refractivity contribution in [3.05, 3.63) is 21.9 Å². The molecule has 3 nitrogen and oxygen atoms in total. The van der Waals surface area contributed by atoms with E-state index in [0.717, 1.165) is 18.4 Å². The van der Waals surface area contributed by atoms with E-state index in [9.17, 15) is 4.79 Å². The second-order valence-electron chi connectivity index (χ2n) is 4.51. The summed E-state index contributed by atoms with van der Waals surface area (Å²) in [6.45, 7) is 0.314. The molecule has 0 aliphatic heterocycles. The molecule has 2 atom stereocenters. The van der Waals surface area contributed by atoms with E-state index in [1.807, 2.05) is 23.2 Å². The zero-order valence-corrected chi connectivity index (χ0v) is 12.6. The fourth-order valence-corrected chi connectivity index (χ4v) is 3.81. The van der Waals surface area contributed by atoms with E-state index in [2.05, 4.69) is 23.4 Å². The van der Waals surface area contributed by atoms with Gasteiger partial charge >= 0.3 is 0 Å². The first-order chi connectivity index (χ1) is 9.24. The standard InChI is InChI=1S/C14H18N2OS2/c1-18-12-5-4-11(9-12)16-14(17)13-10(3-2-7-15)6-8-19-13/h6,8,11-12H,4-5,7,9,15H2,1H3,(H,16,17). The molecule has 1 saturated carbocycles. The Balaban J connectivity index is 1.99. The maximum atomic E-state index is 12.2. The molecule has 5 heteroatoms. The number of carbonyl (C=O) groups excluding carboxylic acids is 1. The van der Waals surface area contributed by atoms with Crippen LogP contribution in [0.5, 0.6) is 0 Å². The van der Waals surface area contributed by atoms with Crippen LogP contribution in [0.4, 0.5) is 0 Å². The Morgan fingerprint density at radius 1 is 1.63 bits per heavy atom. The molecule has 0 saturated heterocycles. The molecule has 1 amide bonds. The summed E-state index contributed by atoms with van der Waals surface area (Å²) in [7, 11) is 0. The molecule has 1 aliphatic carbocycles. The highest BCUT2D eigenvalue weighted by Crippen LogP contribution is 2.28. The largest absolute Gasteiger partial charge is 0.349 e. The molecule has 0 bridgehead atoms. The monoisotopic (exact) mass is 294 g/mol. The lowest BCUT2D eigenvalue weighted by molar-refractivity contribution is 0.0942. The third-order valence-electron chi connectivity index (χ3n) is 3.25. The van der Waals surface area contributed by atoms with E-state index in [4.69, 9.17) is 5.73 Å². The molecule has 1 fully saturated rings. The summed E-state index contributed by atoms with van der Waals surface area (Å²) < 4.78 is 0. The Kier molecular flexibility index (Phi) is 5.32. The van der Waals surface area contributed by atoms with E-state index in [0.29, 0.717) is 22.7 Å². The third kappa shape index (κ3) is 3.75. The van der Waals surface area contributed by atoms with Gasteiger partial charge in [-0.05, 0) is 37.0 Å². The zero-order valence-electron chi connectivity index (χ0n) is 10.9. The van der Waals surface area contributed by atoms with Gasteiger partial charge in [0.1, 0.15) is 4.88 Å². The van der Waals surface area contributed by atoms with Crippen LogP contribution in [-0.4, -0.2) is 30.0 Å². The lowest BCUT2D eigenvalue weighted by Gasteiger charge is -2.12. The maximum absolute atomic E-state index is 12.2. The van der Waals surface area contributed by atoms with Gasteiger partial charge in [0.2, 0.25) is 0 Å². The maximum Gasteiger partial charge on any atom is 0.262 e. The second-order valence-corrected chi connectivity index (χ2v) is 6.56. The van der Waals surface area contributed by atoms with Gasteiger partial charge in [-0.2, -0.15) is 11.8 Å². The van der Waals surface area contributed by atoms with Gasteiger partial charge in [-0.15, -0.1) is 11.3 Å². The van der Waals surface area contributed by atoms with Crippen molar-refractivity contribution in [1.29, 1.82) is 0 Å². The molecule has 1 aromatic rings. The molecule has 2 rings (SSSR count). The average molecular weight is 294 g/mol. The number of thiophene rings is 1. The van der Waals surface area contributed by atoms with Gasteiger partial charge in [0.15, 0.2) is 0 Å². The highest BCUT2D eigenvalue weighted by molar-refractivity contribution is 7.99. The van der Waals surface area contributed by atoms with Crippen LogP contribution in [0, 0.1) is 11.8 Å². The number of hydrogen-bond donors (Lipinski definition) is 2. The van der Waals surface area contributed by atoms with Crippen molar-refractivity contribution in [1.82, 2.24) is 5.32 Å². The first-order valence-corrected chi connectivity index (χ1v) is 8.51. The van der Waals surface area contributed by atoms with Crippen LogP contribution >= 0.6 is 23.1 Å². The summed E-state index contributed by atoms with van der Waals surface area (Å²) in [4.78, 5) is 12.9. The van der Waals surface area contributed by atoms with Crippen LogP contribution in [0.1, 0.15) is 34.5 Å². The van der Waals surface area contributed by atoms with Gasteiger partial charge in [-0.25, -0.2) is 0 Å². The summed E-state index contributed by atoms with van der Waals surface area (Å²) in [5, 5.41) is 5.70. The Bertz CT molecular complexity index is 501. The molecule has 0 spiro atoms. The molecule has 102 valence electrons. The highest BCUT2D eigenvalue weighted by Gasteiger charge is 2.26. The number of nitrogens with one attached hydrogen (secondary N) is 1. The minimum absolute atomic E-state index is 0.00285. The molecule has 0 radical (unpaired) electrons. The number of hydrogen-bond acceptors (Lipinski definition) is 4. The Morgan fingerprint density at radius 2 is 2.47 bits per heavy atom. The Hall–Kier alpha value is -0.960. The average Bonchev–Trinajstić information content (AvgIpc) is 3.04. The van der Waals surface area contributed by atoms with Gasteiger partial charge in [-0.1, -0.05) is 11.8 Å². The fraction of sp³-hybridized carbons (Fsp3) is 0.500. The lowest BCUT2D eigenvalue weighted by atomic mass is 10.2. The van der Waals surface area contributed by atoms with E-state index in [1.165, 1.54) is 17.8 Å². The SMILES string of the molecule is CSC1CCC(NC(=O)c2sccc2C#CCN)C1. The summed E-state index contributed by atoms with van der Waals surface area (Å²) >= 11 is 3.33. The van der Waals surface area contributed by atoms with E-state index in [-0.39, 0.29) is 5.91 Å². The molecule has 1 aliphatic rings. The quantitative estimate of drug-likeness (QED) is 0.839. The van der Waals surface area contributed by atoms with Crippen LogP contribution in [0.3, 0.4) is 0 Å². The first-order valence-electron chi connectivity index (χ1n) is 6.34. The zero-order chi connectivity index (χ0) is 13.7. The van der Waals surface area contributed by atoms with Crippen molar-refractivity contribution in [3.63, 3.8) is 0 Å². The van der Waals surface area contributed by atoms with Crippen molar-refractivity contribution in [2.24, 2.45) is 5.73 Å². The van der Waals surface area contributed by atoms with Crippen molar-refractivity contribution < 1.29 is 4.79 Å². The van der Waals surface area contributed by atoms with Gasteiger partial charge < -0.3 is 11.1 Å². The molecule has 19 heavy (non-hydrogen) atoms. The minimum atomic E-state index is 0.00285. The van der Waals surface area contributed by atoms with Crippen LogP contribution < -0.4 is 11.1 Å². The molecule has 3 N–H and O–H groups in total. The minimum Gasteiger partial charge on any atom is -0.349 e. The first kappa shape index (κ1) is 14.4. The van der Waals surface area contributed by atoms with E-state index >= 15 is 0 Å². The highest BCUT2D eigenvalue weighted by atomic mass is 32.2. The predicted octanol–water partition coefficient (Wildman–Crippen LogP) is 2.07. The summed E-state index contributed by atoms with van der Waals surface area (Å²) in [6, 6.07) is 2.18. The second kappa shape index (κ2) is 6.99. The van der Waals surface area contributed by atoms with Gasteiger partial charge in [0.05, 0.1) is 6.54 Å². The van der Waals surface area contributed by atoms with Gasteiger partial charge in [0, 0.05) is 16.9 Å². The Labute approximate surface area is 122 Å². The Morgan fingerprint density at radius 3 is 3.16 bits per heavy atom. The van der Waals surface area contributed by atoms with Crippen molar-refractivity contribution in [2.75, 3.05) is 12.8 Å². The molecule has 1 aromatic heterocycles. The fourth-order valence-electron chi connectivity index (χ4n) is 2.27. The van der Waals surface area contributed by atoms with Crippen LogP contribution in [0.2, 0.25) is 0 Å². The number of thioether (sulfide) groups is 1. The summed E-state index contributed by atoms with van der Waals surface area (Å²) in [6.07, 6.45) is 5.47. The summed E-state index contributed by atoms with van der Waals surface area (Å²) in [5.74, 6) is 5.75. The van der Waals surface area contributed by atoms with Gasteiger partial charge in [0.25, 0.3) is 5.91 Å². The number of carbonyl (C=O) groups is 1. The predicted molar refractivity (Wildman–Crippen MR) is 82.7 cm³/mol. The van der Waals surface area contributed by atoms with Crippen molar-refractivity contribution in [3.8, 4) is 11.8 Å². The molecular weight excluding hydrogens is 276 g/mol.